The SMILES string of the molecule is [CH2]C(CC)NCC(F)F. The number of nitrogens with one attached hydrogen (secondary N) is 1. The largest absolute Gasteiger partial charge is 0.309 e. The maximum absolute atomic E-state index is 11.4. The van der Waals surface area contributed by atoms with E-state index in [9.17, 15) is 8.78 Å². The molecule has 0 aliphatic heterocycles. The zero-order valence-corrected chi connectivity index (χ0v) is 5.53. The minimum Gasteiger partial charge on any atom is -0.309 e. The molecule has 0 bridgehead atoms. The third-order valence-corrected chi connectivity index (χ3v) is 1.05. The van der Waals surface area contributed by atoms with Gasteiger partial charge in [-0.1, -0.05) is 6.92 Å². The maximum atomic E-state index is 11.4. The van der Waals surface area contributed by atoms with Crippen LogP contribution in [0.5, 0.6) is 0 Å². The van der Waals surface area contributed by atoms with Gasteiger partial charge >= 0.3 is 0 Å². The molecule has 1 N–H and O–H groups in total. The van der Waals surface area contributed by atoms with Gasteiger partial charge in [-0.15, -0.1) is 0 Å². The van der Waals surface area contributed by atoms with Crippen LogP contribution >= 0.6 is 0 Å². The summed E-state index contributed by atoms with van der Waals surface area (Å²) in [5.74, 6) is 0. The van der Waals surface area contributed by atoms with Gasteiger partial charge in [-0.3, -0.25) is 0 Å². The molecule has 1 atom stereocenters. The van der Waals surface area contributed by atoms with Crippen molar-refractivity contribution >= 4 is 0 Å². The van der Waals surface area contributed by atoms with Gasteiger partial charge in [-0.05, 0) is 13.3 Å². The van der Waals surface area contributed by atoms with Gasteiger partial charge in [0, 0.05) is 6.04 Å². The Morgan fingerprint density at radius 2 is 2.11 bits per heavy atom. The highest BCUT2D eigenvalue weighted by atomic mass is 19.3. The number of alkyl halides is 2. The molecule has 1 unspecified atom stereocenters. The van der Waals surface area contributed by atoms with Gasteiger partial charge < -0.3 is 5.32 Å². The summed E-state index contributed by atoms with van der Waals surface area (Å²) in [5.41, 5.74) is 0. The molecule has 0 saturated carbocycles. The van der Waals surface area contributed by atoms with Crippen LogP contribution in [0.25, 0.3) is 0 Å². The molecule has 0 spiro atoms. The molecule has 0 aliphatic rings. The molecule has 0 fully saturated rings. The molecule has 0 aliphatic carbocycles. The highest BCUT2D eigenvalue weighted by Crippen LogP contribution is 1.91. The molecule has 55 valence electrons. The number of hydrogen-bond acceptors (Lipinski definition) is 1. The summed E-state index contributed by atoms with van der Waals surface area (Å²) in [5, 5.41) is 2.57. The van der Waals surface area contributed by atoms with Crippen LogP contribution in [0.2, 0.25) is 0 Å². The van der Waals surface area contributed by atoms with E-state index in [4.69, 9.17) is 0 Å². The lowest BCUT2D eigenvalue weighted by atomic mass is 10.3. The van der Waals surface area contributed by atoms with Crippen LogP contribution in [-0.2, 0) is 0 Å². The van der Waals surface area contributed by atoms with Crippen LogP contribution in [0.4, 0.5) is 8.78 Å². The van der Waals surface area contributed by atoms with Crippen molar-refractivity contribution in [3.05, 3.63) is 6.92 Å². The van der Waals surface area contributed by atoms with Crippen LogP contribution in [0.3, 0.4) is 0 Å². The fourth-order valence-corrected chi connectivity index (χ4v) is 0.400. The summed E-state index contributed by atoms with van der Waals surface area (Å²) in [6, 6.07) is -0.0426. The van der Waals surface area contributed by atoms with Gasteiger partial charge in [0.05, 0.1) is 6.54 Å². The van der Waals surface area contributed by atoms with E-state index in [1.807, 2.05) is 6.92 Å². The zero-order chi connectivity index (χ0) is 7.28. The normalized spacial score (nSPS) is 14.3. The van der Waals surface area contributed by atoms with Crippen LogP contribution in [0.15, 0.2) is 0 Å². The van der Waals surface area contributed by atoms with E-state index in [-0.39, 0.29) is 12.6 Å². The minimum atomic E-state index is -2.26. The van der Waals surface area contributed by atoms with Crippen molar-refractivity contribution in [2.75, 3.05) is 6.54 Å². The standard InChI is InChI=1S/C6H12F2N/c1-3-5(2)9-4-6(7)8/h5-6,9H,2-4H2,1H3. The molecule has 0 amide bonds. The van der Waals surface area contributed by atoms with Crippen LogP contribution < -0.4 is 5.32 Å². The van der Waals surface area contributed by atoms with Crippen molar-refractivity contribution in [2.45, 2.75) is 25.8 Å². The Kier molecular flexibility index (Phi) is 4.58. The molecular formula is C6H12F2N. The summed E-state index contributed by atoms with van der Waals surface area (Å²) < 4.78 is 22.9. The molecule has 0 heterocycles. The van der Waals surface area contributed by atoms with Crippen LogP contribution in [0.1, 0.15) is 13.3 Å². The van der Waals surface area contributed by atoms with Gasteiger partial charge in [0.2, 0.25) is 0 Å². The maximum Gasteiger partial charge on any atom is 0.250 e. The Hall–Kier alpha value is -0.180. The summed E-state index contributed by atoms with van der Waals surface area (Å²) in [6.45, 7) is 5.23. The fourth-order valence-electron chi connectivity index (χ4n) is 0.400. The van der Waals surface area contributed by atoms with Crippen molar-refractivity contribution < 1.29 is 8.78 Å². The lowest BCUT2D eigenvalue weighted by Gasteiger charge is -2.09. The molecule has 0 aromatic rings. The molecule has 0 aromatic heterocycles. The third kappa shape index (κ3) is 5.69. The summed E-state index contributed by atoms with van der Waals surface area (Å²) in [4.78, 5) is 0. The number of hydrogen-bond donors (Lipinski definition) is 1. The van der Waals surface area contributed by atoms with Crippen molar-refractivity contribution in [1.82, 2.24) is 5.32 Å². The molecular weight excluding hydrogens is 124 g/mol. The van der Waals surface area contributed by atoms with Gasteiger partial charge in [0.15, 0.2) is 0 Å². The molecule has 1 nitrogen and oxygen atoms in total. The number of rotatable bonds is 4. The lowest BCUT2D eigenvalue weighted by molar-refractivity contribution is 0.143. The Bertz CT molecular complexity index is 66.1. The second kappa shape index (κ2) is 4.68. The van der Waals surface area contributed by atoms with Crippen LogP contribution in [0, 0.1) is 6.92 Å². The average molecular weight is 136 g/mol. The Labute approximate surface area is 54.4 Å². The van der Waals surface area contributed by atoms with Gasteiger partial charge in [0.25, 0.3) is 6.43 Å². The predicted molar refractivity (Wildman–Crippen MR) is 33.4 cm³/mol. The molecule has 1 radical (unpaired) electrons. The van der Waals surface area contributed by atoms with E-state index < -0.39 is 6.43 Å². The molecule has 3 heteroatoms. The van der Waals surface area contributed by atoms with Crippen molar-refractivity contribution in [2.24, 2.45) is 0 Å². The first-order valence-corrected chi connectivity index (χ1v) is 3.01. The lowest BCUT2D eigenvalue weighted by Crippen LogP contribution is -2.30. The highest BCUT2D eigenvalue weighted by Gasteiger charge is 2.03. The van der Waals surface area contributed by atoms with E-state index >= 15 is 0 Å². The minimum absolute atomic E-state index is 0.0426. The average Bonchev–Trinajstić information content (AvgIpc) is 1.83. The fraction of sp³-hybridized carbons (Fsp3) is 0.833. The Morgan fingerprint density at radius 3 is 2.44 bits per heavy atom. The molecule has 9 heavy (non-hydrogen) atoms. The highest BCUT2D eigenvalue weighted by molar-refractivity contribution is 4.66. The summed E-state index contributed by atoms with van der Waals surface area (Å²) >= 11 is 0. The Morgan fingerprint density at radius 1 is 1.56 bits per heavy atom. The summed E-state index contributed by atoms with van der Waals surface area (Å²) in [7, 11) is 0. The van der Waals surface area contributed by atoms with E-state index in [2.05, 4.69) is 12.2 Å². The molecule has 0 rings (SSSR count). The molecule has 0 saturated heterocycles. The topological polar surface area (TPSA) is 12.0 Å². The quantitative estimate of drug-likeness (QED) is 0.616. The second-order valence-corrected chi connectivity index (χ2v) is 1.90. The molecule has 0 aromatic carbocycles. The van der Waals surface area contributed by atoms with Gasteiger partial charge in [0.1, 0.15) is 0 Å². The third-order valence-electron chi connectivity index (χ3n) is 1.05. The monoisotopic (exact) mass is 136 g/mol. The van der Waals surface area contributed by atoms with Crippen molar-refractivity contribution in [3.8, 4) is 0 Å². The van der Waals surface area contributed by atoms with Crippen molar-refractivity contribution in [3.63, 3.8) is 0 Å². The second-order valence-electron chi connectivity index (χ2n) is 1.90. The van der Waals surface area contributed by atoms with Crippen LogP contribution in [-0.4, -0.2) is 19.0 Å². The van der Waals surface area contributed by atoms with E-state index in [0.717, 1.165) is 6.42 Å². The first-order chi connectivity index (χ1) is 4.16. The predicted octanol–water partition coefficient (Wildman–Crippen LogP) is 1.45. The van der Waals surface area contributed by atoms with Gasteiger partial charge in [-0.2, -0.15) is 0 Å². The van der Waals surface area contributed by atoms with Gasteiger partial charge in [-0.25, -0.2) is 8.78 Å². The number of halogens is 2. The van der Waals surface area contributed by atoms with E-state index in [1.165, 1.54) is 0 Å². The zero-order valence-electron chi connectivity index (χ0n) is 5.53. The first-order valence-electron chi connectivity index (χ1n) is 3.01. The smallest absolute Gasteiger partial charge is 0.250 e. The van der Waals surface area contributed by atoms with Crippen molar-refractivity contribution in [1.29, 1.82) is 0 Å². The summed E-state index contributed by atoms with van der Waals surface area (Å²) in [6.07, 6.45) is -1.48. The first kappa shape index (κ1) is 8.82. The van der Waals surface area contributed by atoms with E-state index in [1.54, 1.807) is 0 Å². The Balaban J connectivity index is 3.06. The van der Waals surface area contributed by atoms with E-state index in [0.29, 0.717) is 0 Å².